The predicted octanol–water partition coefficient (Wildman–Crippen LogP) is 1.31. The Hall–Kier alpha value is -1.75. The maximum atomic E-state index is 12.2. The lowest BCUT2D eigenvalue weighted by molar-refractivity contribution is 0.0927. The molecule has 1 aliphatic heterocycles. The van der Waals surface area contributed by atoms with E-state index < -0.39 is 0 Å². The Morgan fingerprint density at radius 1 is 1.42 bits per heavy atom. The number of hydrogen-bond acceptors (Lipinski definition) is 4. The molecule has 2 rings (SSSR count). The number of amides is 1. The molecule has 1 atom stereocenters. The SMILES string of the molecule is CC(CCCN)NC(=O)c1cccc2c1OCCO2. The minimum absolute atomic E-state index is 0.0939. The first-order valence-corrected chi connectivity index (χ1v) is 6.62. The summed E-state index contributed by atoms with van der Waals surface area (Å²) < 4.78 is 11.0. The Labute approximate surface area is 113 Å². The number of para-hydroxylation sites is 1. The molecule has 104 valence electrons. The van der Waals surface area contributed by atoms with Crippen LogP contribution < -0.4 is 20.5 Å². The molecule has 1 unspecified atom stereocenters. The summed E-state index contributed by atoms with van der Waals surface area (Å²) in [5.74, 6) is 1.04. The van der Waals surface area contributed by atoms with Crippen LogP contribution in [0.4, 0.5) is 0 Å². The second-order valence-corrected chi connectivity index (χ2v) is 4.64. The normalized spacial score (nSPS) is 14.8. The van der Waals surface area contributed by atoms with Gasteiger partial charge in [-0.3, -0.25) is 4.79 Å². The van der Waals surface area contributed by atoms with Gasteiger partial charge in [-0.1, -0.05) is 6.07 Å². The van der Waals surface area contributed by atoms with E-state index in [1.54, 1.807) is 12.1 Å². The Kier molecular flexibility index (Phi) is 4.63. The fourth-order valence-corrected chi connectivity index (χ4v) is 2.05. The topological polar surface area (TPSA) is 73.6 Å². The molecule has 19 heavy (non-hydrogen) atoms. The summed E-state index contributed by atoms with van der Waals surface area (Å²) in [6.45, 7) is 3.60. The molecule has 0 spiro atoms. The highest BCUT2D eigenvalue weighted by atomic mass is 16.6. The average Bonchev–Trinajstić information content (AvgIpc) is 2.44. The largest absolute Gasteiger partial charge is 0.486 e. The van der Waals surface area contributed by atoms with Crippen molar-refractivity contribution in [3.8, 4) is 11.5 Å². The maximum Gasteiger partial charge on any atom is 0.255 e. The van der Waals surface area contributed by atoms with Gasteiger partial charge in [0.1, 0.15) is 13.2 Å². The van der Waals surface area contributed by atoms with Crippen LogP contribution in [0.5, 0.6) is 11.5 Å². The van der Waals surface area contributed by atoms with Gasteiger partial charge in [-0.05, 0) is 38.4 Å². The predicted molar refractivity (Wildman–Crippen MR) is 72.6 cm³/mol. The number of fused-ring (bicyclic) bond motifs is 1. The van der Waals surface area contributed by atoms with Crippen LogP contribution in [-0.2, 0) is 0 Å². The fraction of sp³-hybridized carbons (Fsp3) is 0.500. The number of ether oxygens (including phenoxy) is 2. The van der Waals surface area contributed by atoms with E-state index in [0.29, 0.717) is 36.8 Å². The van der Waals surface area contributed by atoms with Gasteiger partial charge in [0, 0.05) is 6.04 Å². The highest BCUT2D eigenvalue weighted by Gasteiger charge is 2.20. The van der Waals surface area contributed by atoms with E-state index in [1.165, 1.54) is 0 Å². The highest BCUT2D eigenvalue weighted by molar-refractivity contribution is 5.98. The lowest BCUT2D eigenvalue weighted by Gasteiger charge is -2.21. The second-order valence-electron chi connectivity index (χ2n) is 4.64. The highest BCUT2D eigenvalue weighted by Crippen LogP contribution is 2.33. The van der Waals surface area contributed by atoms with Crippen LogP contribution in [0.15, 0.2) is 18.2 Å². The molecule has 3 N–H and O–H groups in total. The van der Waals surface area contributed by atoms with Crippen LogP contribution in [0.2, 0.25) is 0 Å². The zero-order valence-electron chi connectivity index (χ0n) is 11.1. The van der Waals surface area contributed by atoms with Crippen LogP contribution in [0, 0.1) is 0 Å². The van der Waals surface area contributed by atoms with E-state index in [4.69, 9.17) is 15.2 Å². The maximum absolute atomic E-state index is 12.2. The second kappa shape index (κ2) is 6.43. The number of nitrogens with one attached hydrogen (secondary N) is 1. The third-order valence-corrected chi connectivity index (χ3v) is 3.03. The molecule has 1 aromatic rings. The summed E-state index contributed by atoms with van der Waals surface area (Å²) in [6, 6.07) is 5.45. The third kappa shape index (κ3) is 3.38. The van der Waals surface area contributed by atoms with E-state index in [2.05, 4.69) is 5.32 Å². The molecule has 5 nitrogen and oxygen atoms in total. The van der Waals surface area contributed by atoms with Crippen LogP contribution in [0.25, 0.3) is 0 Å². The molecular weight excluding hydrogens is 244 g/mol. The van der Waals surface area contributed by atoms with Crippen molar-refractivity contribution in [1.29, 1.82) is 0 Å². The van der Waals surface area contributed by atoms with Gasteiger partial charge < -0.3 is 20.5 Å². The van der Waals surface area contributed by atoms with Gasteiger partial charge in [0.2, 0.25) is 0 Å². The molecule has 0 radical (unpaired) electrons. The van der Waals surface area contributed by atoms with Crippen LogP contribution in [0.3, 0.4) is 0 Å². The average molecular weight is 264 g/mol. The molecule has 1 heterocycles. The summed E-state index contributed by atoms with van der Waals surface area (Å²) in [4.78, 5) is 12.2. The van der Waals surface area contributed by atoms with Gasteiger partial charge in [-0.25, -0.2) is 0 Å². The smallest absolute Gasteiger partial charge is 0.255 e. The Balaban J connectivity index is 2.07. The fourth-order valence-electron chi connectivity index (χ4n) is 2.05. The van der Waals surface area contributed by atoms with E-state index in [-0.39, 0.29) is 11.9 Å². The Morgan fingerprint density at radius 3 is 3.00 bits per heavy atom. The molecule has 0 aliphatic carbocycles. The van der Waals surface area contributed by atoms with Crippen molar-refractivity contribution in [3.05, 3.63) is 23.8 Å². The quantitative estimate of drug-likeness (QED) is 0.841. The van der Waals surface area contributed by atoms with Gasteiger partial charge in [-0.15, -0.1) is 0 Å². The molecule has 0 saturated carbocycles. The molecule has 0 saturated heterocycles. The lowest BCUT2D eigenvalue weighted by Crippen LogP contribution is -2.33. The van der Waals surface area contributed by atoms with Crippen molar-refractivity contribution >= 4 is 5.91 Å². The third-order valence-electron chi connectivity index (χ3n) is 3.03. The van der Waals surface area contributed by atoms with Crippen molar-refractivity contribution in [1.82, 2.24) is 5.32 Å². The summed E-state index contributed by atoms with van der Waals surface area (Å²) in [5.41, 5.74) is 5.99. The first kappa shape index (κ1) is 13.7. The van der Waals surface area contributed by atoms with E-state index in [9.17, 15) is 4.79 Å². The number of benzene rings is 1. The molecular formula is C14H20N2O3. The summed E-state index contributed by atoms with van der Waals surface area (Å²) in [6.07, 6.45) is 1.77. The minimum atomic E-state index is -0.133. The molecule has 5 heteroatoms. The van der Waals surface area contributed by atoms with E-state index >= 15 is 0 Å². The van der Waals surface area contributed by atoms with Crippen LogP contribution in [0.1, 0.15) is 30.1 Å². The van der Waals surface area contributed by atoms with Crippen LogP contribution in [-0.4, -0.2) is 31.7 Å². The number of rotatable bonds is 5. The first-order chi connectivity index (χ1) is 9.22. The molecule has 0 fully saturated rings. The van der Waals surface area contributed by atoms with Gasteiger partial charge in [0.15, 0.2) is 11.5 Å². The summed E-state index contributed by atoms with van der Waals surface area (Å²) in [5, 5.41) is 2.95. The van der Waals surface area contributed by atoms with Crippen LogP contribution >= 0.6 is 0 Å². The van der Waals surface area contributed by atoms with Crippen molar-refractivity contribution < 1.29 is 14.3 Å². The first-order valence-electron chi connectivity index (χ1n) is 6.62. The molecule has 1 aromatic carbocycles. The van der Waals surface area contributed by atoms with Crippen molar-refractivity contribution in [3.63, 3.8) is 0 Å². The molecule has 1 amide bonds. The molecule has 0 bridgehead atoms. The monoisotopic (exact) mass is 264 g/mol. The summed E-state index contributed by atoms with van der Waals surface area (Å²) >= 11 is 0. The summed E-state index contributed by atoms with van der Waals surface area (Å²) in [7, 11) is 0. The number of hydrogen-bond donors (Lipinski definition) is 2. The number of carbonyl (C=O) groups is 1. The van der Waals surface area contributed by atoms with Gasteiger partial charge in [-0.2, -0.15) is 0 Å². The standard InChI is InChI=1S/C14H20N2O3/c1-10(4-3-7-15)16-14(17)11-5-2-6-12-13(11)19-9-8-18-12/h2,5-6,10H,3-4,7-9,15H2,1H3,(H,16,17). The Bertz CT molecular complexity index is 448. The van der Waals surface area contributed by atoms with Gasteiger partial charge >= 0.3 is 0 Å². The van der Waals surface area contributed by atoms with Gasteiger partial charge in [0.25, 0.3) is 5.91 Å². The molecule has 1 aliphatic rings. The van der Waals surface area contributed by atoms with E-state index in [1.807, 2.05) is 13.0 Å². The van der Waals surface area contributed by atoms with Crippen molar-refractivity contribution in [2.75, 3.05) is 19.8 Å². The lowest BCUT2D eigenvalue weighted by atomic mass is 10.1. The van der Waals surface area contributed by atoms with Crippen molar-refractivity contribution in [2.24, 2.45) is 5.73 Å². The number of carbonyl (C=O) groups excluding carboxylic acids is 1. The molecule has 0 aromatic heterocycles. The van der Waals surface area contributed by atoms with Crippen molar-refractivity contribution in [2.45, 2.75) is 25.8 Å². The minimum Gasteiger partial charge on any atom is -0.486 e. The number of nitrogens with two attached hydrogens (primary N) is 1. The van der Waals surface area contributed by atoms with Gasteiger partial charge in [0.05, 0.1) is 5.56 Å². The van der Waals surface area contributed by atoms with E-state index in [0.717, 1.165) is 12.8 Å². The Morgan fingerprint density at radius 2 is 2.21 bits per heavy atom. The zero-order chi connectivity index (χ0) is 13.7. The zero-order valence-corrected chi connectivity index (χ0v) is 11.1.